The lowest BCUT2D eigenvalue weighted by Crippen LogP contribution is -2.39. The lowest BCUT2D eigenvalue weighted by Gasteiger charge is -2.39. The minimum atomic E-state index is -0.378. The molecule has 0 fully saturated rings. The van der Waals surface area contributed by atoms with Crippen molar-refractivity contribution in [2.75, 3.05) is 0 Å². The molecule has 0 amide bonds. The van der Waals surface area contributed by atoms with Crippen LogP contribution >= 0.6 is 0 Å². The second-order valence-corrected chi connectivity index (χ2v) is 8.79. The lowest BCUT2D eigenvalue weighted by atomic mass is 9.68. The van der Waals surface area contributed by atoms with Crippen LogP contribution in [0.2, 0.25) is 0 Å². The van der Waals surface area contributed by atoms with Gasteiger partial charge < -0.3 is 10.1 Å². The average Bonchev–Trinajstić information content (AvgIpc) is 2.52. The number of ether oxygens (including phenoxy) is 1. The molecular weight excluding hydrogens is 338 g/mol. The standard InChI is InChI=1S/C23H29NO3/c1-13(2)27-22(26)19-15(4)24-17-11-23(5,6)12-18(25)21(17)20(19)16-9-7-14(3)8-10-16/h7-10,13,20,24H,11-12H2,1-6H3/t20-/m1/s1. The van der Waals surface area contributed by atoms with Crippen molar-refractivity contribution in [3.05, 3.63) is 57.9 Å². The van der Waals surface area contributed by atoms with E-state index in [1.807, 2.05) is 52.0 Å². The first-order chi connectivity index (χ1) is 12.6. The minimum absolute atomic E-state index is 0.0863. The van der Waals surface area contributed by atoms with Gasteiger partial charge in [0.1, 0.15) is 0 Å². The molecule has 0 bridgehead atoms. The minimum Gasteiger partial charge on any atom is -0.460 e. The highest BCUT2D eigenvalue weighted by molar-refractivity contribution is 6.04. The highest BCUT2D eigenvalue weighted by Crippen LogP contribution is 2.46. The van der Waals surface area contributed by atoms with E-state index >= 15 is 0 Å². The van der Waals surface area contributed by atoms with E-state index in [9.17, 15) is 9.59 Å². The summed E-state index contributed by atoms with van der Waals surface area (Å²) >= 11 is 0. The monoisotopic (exact) mass is 367 g/mol. The molecule has 0 saturated heterocycles. The number of nitrogens with one attached hydrogen (secondary N) is 1. The molecule has 1 atom stereocenters. The number of hydrogen-bond acceptors (Lipinski definition) is 4. The molecule has 0 spiro atoms. The highest BCUT2D eigenvalue weighted by atomic mass is 16.5. The Morgan fingerprint density at radius 1 is 1.15 bits per heavy atom. The third-order valence-electron chi connectivity index (χ3n) is 5.21. The van der Waals surface area contributed by atoms with Crippen LogP contribution in [0.5, 0.6) is 0 Å². The predicted molar refractivity (Wildman–Crippen MR) is 106 cm³/mol. The summed E-state index contributed by atoms with van der Waals surface area (Å²) in [6.07, 6.45) is 1.06. The fourth-order valence-electron chi connectivity index (χ4n) is 4.08. The molecule has 1 heterocycles. The van der Waals surface area contributed by atoms with Crippen molar-refractivity contribution in [2.45, 2.75) is 66.4 Å². The predicted octanol–water partition coefficient (Wildman–Crippen LogP) is 4.55. The summed E-state index contributed by atoms with van der Waals surface area (Å²) in [6, 6.07) is 8.07. The van der Waals surface area contributed by atoms with Crippen molar-refractivity contribution in [1.29, 1.82) is 0 Å². The van der Waals surface area contributed by atoms with Crippen LogP contribution in [0.25, 0.3) is 0 Å². The third-order valence-corrected chi connectivity index (χ3v) is 5.21. The van der Waals surface area contributed by atoms with E-state index in [0.29, 0.717) is 12.0 Å². The zero-order valence-electron chi connectivity index (χ0n) is 17.1. The number of hydrogen-bond donors (Lipinski definition) is 1. The van der Waals surface area contributed by atoms with Gasteiger partial charge in [0.05, 0.1) is 11.7 Å². The van der Waals surface area contributed by atoms with Crippen LogP contribution in [0.1, 0.15) is 64.5 Å². The maximum absolute atomic E-state index is 13.1. The van der Waals surface area contributed by atoms with E-state index in [4.69, 9.17) is 4.74 Å². The fourth-order valence-corrected chi connectivity index (χ4v) is 4.08. The molecule has 27 heavy (non-hydrogen) atoms. The number of aryl methyl sites for hydroxylation is 1. The van der Waals surface area contributed by atoms with Gasteiger partial charge in [-0.2, -0.15) is 0 Å². The molecule has 0 saturated carbocycles. The number of carbonyl (C=O) groups is 2. The summed E-state index contributed by atoms with van der Waals surface area (Å²) in [5.41, 5.74) is 4.99. The van der Waals surface area contributed by atoms with Gasteiger partial charge in [-0.1, -0.05) is 43.7 Å². The third kappa shape index (κ3) is 3.85. The summed E-state index contributed by atoms with van der Waals surface area (Å²) in [4.78, 5) is 26.0. The number of rotatable bonds is 3. The molecule has 0 unspecified atom stereocenters. The van der Waals surface area contributed by atoms with Gasteiger partial charge in [0.2, 0.25) is 0 Å². The first-order valence-corrected chi connectivity index (χ1v) is 9.60. The van der Waals surface area contributed by atoms with E-state index in [0.717, 1.165) is 34.5 Å². The van der Waals surface area contributed by atoms with Crippen molar-refractivity contribution < 1.29 is 14.3 Å². The first-order valence-electron chi connectivity index (χ1n) is 9.60. The zero-order chi connectivity index (χ0) is 19.9. The van der Waals surface area contributed by atoms with E-state index in [2.05, 4.69) is 19.2 Å². The van der Waals surface area contributed by atoms with Crippen molar-refractivity contribution in [3.8, 4) is 0 Å². The summed E-state index contributed by atoms with van der Waals surface area (Å²) in [5.74, 6) is -0.622. The van der Waals surface area contributed by atoms with Crippen LogP contribution in [-0.4, -0.2) is 17.9 Å². The molecule has 2 aliphatic rings. The van der Waals surface area contributed by atoms with Crippen LogP contribution in [0, 0.1) is 12.3 Å². The number of allylic oxidation sites excluding steroid dienone is 3. The second-order valence-electron chi connectivity index (χ2n) is 8.79. The SMILES string of the molecule is CC1=C(C(=O)OC(C)C)[C@@H](c2ccc(C)cc2)C2=C(CC(C)(C)CC2=O)N1. The number of ketones is 1. The summed E-state index contributed by atoms with van der Waals surface area (Å²) in [6.45, 7) is 11.8. The Bertz CT molecular complexity index is 841. The molecule has 3 rings (SSSR count). The maximum atomic E-state index is 13.1. The Balaban J connectivity index is 2.15. The molecular formula is C23H29NO3. The number of Topliss-reactive ketones (excluding diaryl/α,β-unsaturated/α-hetero) is 1. The Hall–Kier alpha value is -2.36. The molecule has 144 valence electrons. The zero-order valence-corrected chi connectivity index (χ0v) is 17.1. The average molecular weight is 367 g/mol. The van der Waals surface area contributed by atoms with Gasteiger partial charge in [0, 0.05) is 29.3 Å². The van der Waals surface area contributed by atoms with Gasteiger partial charge in [-0.25, -0.2) is 4.79 Å². The second kappa shape index (κ2) is 6.99. The van der Waals surface area contributed by atoms with Gasteiger partial charge in [-0.15, -0.1) is 0 Å². The number of carbonyl (C=O) groups excluding carboxylic acids is 2. The maximum Gasteiger partial charge on any atom is 0.337 e. The normalized spacial score (nSPS) is 21.9. The first kappa shape index (κ1) is 19.4. The van der Waals surface area contributed by atoms with E-state index in [1.54, 1.807) is 0 Å². The van der Waals surface area contributed by atoms with E-state index in [1.165, 1.54) is 0 Å². The molecule has 1 aromatic rings. The molecule has 0 radical (unpaired) electrons. The van der Waals surface area contributed by atoms with Crippen molar-refractivity contribution in [3.63, 3.8) is 0 Å². The van der Waals surface area contributed by atoms with E-state index < -0.39 is 0 Å². The molecule has 1 aliphatic heterocycles. The van der Waals surface area contributed by atoms with Crippen molar-refractivity contribution in [1.82, 2.24) is 5.32 Å². The largest absolute Gasteiger partial charge is 0.460 e. The highest BCUT2D eigenvalue weighted by Gasteiger charge is 2.43. The van der Waals surface area contributed by atoms with Gasteiger partial charge in [0.15, 0.2) is 5.78 Å². The summed E-state index contributed by atoms with van der Waals surface area (Å²) in [7, 11) is 0. The Morgan fingerprint density at radius 3 is 2.37 bits per heavy atom. The smallest absolute Gasteiger partial charge is 0.337 e. The van der Waals surface area contributed by atoms with Crippen LogP contribution < -0.4 is 5.32 Å². The fraction of sp³-hybridized carbons (Fsp3) is 0.478. The molecule has 1 N–H and O–H groups in total. The topological polar surface area (TPSA) is 55.4 Å². The Morgan fingerprint density at radius 2 is 1.78 bits per heavy atom. The van der Waals surface area contributed by atoms with Crippen LogP contribution in [-0.2, 0) is 14.3 Å². The molecule has 4 heteroatoms. The number of benzene rings is 1. The van der Waals surface area contributed by atoms with E-state index in [-0.39, 0.29) is 29.2 Å². The Kier molecular flexibility index (Phi) is 5.02. The van der Waals surface area contributed by atoms with Crippen molar-refractivity contribution >= 4 is 11.8 Å². The summed E-state index contributed by atoms with van der Waals surface area (Å²) in [5, 5.41) is 3.36. The van der Waals surface area contributed by atoms with Gasteiger partial charge >= 0.3 is 5.97 Å². The molecule has 1 aromatic carbocycles. The van der Waals surface area contributed by atoms with Gasteiger partial charge in [-0.05, 0) is 45.1 Å². The van der Waals surface area contributed by atoms with Crippen molar-refractivity contribution in [2.24, 2.45) is 5.41 Å². The van der Waals surface area contributed by atoms with Crippen LogP contribution in [0.4, 0.5) is 0 Å². The quantitative estimate of drug-likeness (QED) is 0.796. The van der Waals surface area contributed by atoms with Crippen LogP contribution in [0.3, 0.4) is 0 Å². The Labute approximate surface area is 161 Å². The molecule has 1 aliphatic carbocycles. The van der Waals surface area contributed by atoms with Gasteiger partial charge in [-0.3, -0.25) is 4.79 Å². The molecule has 4 nitrogen and oxygen atoms in total. The van der Waals surface area contributed by atoms with Gasteiger partial charge in [0.25, 0.3) is 0 Å². The molecule has 0 aromatic heterocycles. The summed E-state index contributed by atoms with van der Waals surface area (Å²) < 4.78 is 5.52. The number of esters is 1. The number of dihydropyridines is 1. The van der Waals surface area contributed by atoms with Crippen LogP contribution in [0.15, 0.2) is 46.8 Å². The lowest BCUT2D eigenvalue weighted by molar-refractivity contribution is -0.143.